The molecule has 0 radical (unpaired) electrons. The van der Waals surface area contributed by atoms with E-state index in [0.29, 0.717) is 16.3 Å². The molecule has 3 aromatic rings. The van der Waals surface area contributed by atoms with Gasteiger partial charge in [0, 0.05) is 23.7 Å². The fourth-order valence-electron chi connectivity index (χ4n) is 2.35. The van der Waals surface area contributed by atoms with Crippen molar-refractivity contribution >= 4 is 29.1 Å². The van der Waals surface area contributed by atoms with E-state index in [1.165, 1.54) is 42.5 Å². The van der Waals surface area contributed by atoms with Gasteiger partial charge in [-0.15, -0.1) is 13.2 Å². The zero-order valence-corrected chi connectivity index (χ0v) is 15.1. The topological polar surface area (TPSA) is 59.1 Å². The third-order valence-corrected chi connectivity index (χ3v) is 3.74. The molecule has 28 heavy (non-hydrogen) atoms. The highest BCUT2D eigenvalue weighted by Gasteiger charge is 2.31. The van der Waals surface area contributed by atoms with E-state index >= 15 is 0 Å². The van der Waals surface area contributed by atoms with Crippen LogP contribution in [-0.2, 0) is 0 Å². The maximum atomic E-state index is 14.0. The first-order chi connectivity index (χ1) is 13.2. The summed E-state index contributed by atoms with van der Waals surface area (Å²) in [6, 6.07) is 10.8. The molecule has 1 heterocycles. The van der Waals surface area contributed by atoms with Gasteiger partial charge in [-0.1, -0.05) is 23.7 Å². The average Bonchev–Trinajstić information content (AvgIpc) is 2.63. The van der Waals surface area contributed by atoms with Gasteiger partial charge in [-0.2, -0.15) is 4.98 Å². The first-order valence-corrected chi connectivity index (χ1v) is 8.26. The summed E-state index contributed by atoms with van der Waals surface area (Å²) in [5.41, 5.74) is 0.750. The molecule has 0 saturated heterocycles. The molecule has 0 spiro atoms. The van der Waals surface area contributed by atoms with Crippen LogP contribution in [0.3, 0.4) is 0 Å². The van der Waals surface area contributed by atoms with Crippen LogP contribution in [0.15, 0.2) is 48.5 Å². The first-order valence-electron chi connectivity index (χ1n) is 7.88. The lowest BCUT2D eigenvalue weighted by Gasteiger charge is -2.12. The van der Waals surface area contributed by atoms with Gasteiger partial charge < -0.3 is 15.4 Å². The number of hydrogen-bond donors (Lipinski definition) is 2. The smallest absolute Gasteiger partial charge is 0.406 e. The van der Waals surface area contributed by atoms with Crippen LogP contribution in [0.4, 0.5) is 35.0 Å². The molecular weight excluding hydrogens is 400 g/mol. The van der Waals surface area contributed by atoms with Crippen LogP contribution in [0, 0.1) is 5.82 Å². The molecule has 0 amide bonds. The SMILES string of the molecule is CNc1nc(Nc2cc(Cl)ccc2F)cc(-c2cccc(OC(F)(F)F)c2)n1. The van der Waals surface area contributed by atoms with Crippen molar-refractivity contribution in [1.29, 1.82) is 0 Å². The molecule has 0 unspecified atom stereocenters. The Morgan fingerprint density at radius 2 is 1.82 bits per heavy atom. The van der Waals surface area contributed by atoms with Crippen LogP contribution < -0.4 is 15.4 Å². The van der Waals surface area contributed by atoms with Crippen molar-refractivity contribution in [3.63, 3.8) is 0 Å². The largest absolute Gasteiger partial charge is 0.573 e. The second-order valence-corrected chi connectivity index (χ2v) is 5.97. The molecule has 1 aromatic heterocycles. The fourth-order valence-corrected chi connectivity index (χ4v) is 2.53. The minimum absolute atomic E-state index is 0.0911. The summed E-state index contributed by atoms with van der Waals surface area (Å²) in [4.78, 5) is 8.39. The molecule has 0 atom stereocenters. The fraction of sp³-hybridized carbons (Fsp3) is 0.111. The summed E-state index contributed by atoms with van der Waals surface area (Å²) in [5, 5.41) is 5.86. The van der Waals surface area contributed by atoms with Crippen molar-refractivity contribution in [2.24, 2.45) is 0 Å². The lowest BCUT2D eigenvalue weighted by atomic mass is 10.1. The van der Waals surface area contributed by atoms with Gasteiger partial charge in [0.05, 0.1) is 11.4 Å². The Morgan fingerprint density at radius 3 is 2.54 bits per heavy atom. The average molecular weight is 413 g/mol. The van der Waals surface area contributed by atoms with Crippen LogP contribution in [-0.4, -0.2) is 23.4 Å². The van der Waals surface area contributed by atoms with Gasteiger partial charge in [0.25, 0.3) is 0 Å². The molecule has 0 aliphatic heterocycles. The summed E-state index contributed by atoms with van der Waals surface area (Å²) in [6.07, 6.45) is -4.81. The van der Waals surface area contributed by atoms with Gasteiger partial charge >= 0.3 is 6.36 Å². The van der Waals surface area contributed by atoms with Crippen molar-refractivity contribution < 1.29 is 22.3 Å². The minimum atomic E-state index is -4.81. The quantitative estimate of drug-likeness (QED) is 0.533. The van der Waals surface area contributed by atoms with E-state index < -0.39 is 12.2 Å². The monoisotopic (exact) mass is 412 g/mol. The van der Waals surface area contributed by atoms with Gasteiger partial charge in [0.2, 0.25) is 5.95 Å². The van der Waals surface area contributed by atoms with Crippen molar-refractivity contribution in [1.82, 2.24) is 9.97 Å². The molecule has 2 N–H and O–H groups in total. The first kappa shape index (κ1) is 19.7. The van der Waals surface area contributed by atoms with Gasteiger partial charge in [0.1, 0.15) is 17.4 Å². The second-order valence-electron chi connectivity index (χ2n) is 5.54. The molecule has 0 saturated carbocycles. The summed E-state index contributed by atoms with van der Waals surface area (Å²) in [5.74, 6) is -0.525. The van der Waals surface area contributed by atoms with Crippen LogP contribution in [0.1, 0.15) is 0 Å². The van der Waals surface area contributed by atoms with Crippen LogP contribution in [0.25, 0.3) is 11.3 Å². The Bertz CT molecular complexity index is 998. The lowest BCUT2D eigenvalue weighted by Crippen LogP contribution is -2.17. The number of alkyl halides is 3. The van der Waals surface area contributed by atoms with Crippen LogP contribution in [0.2, 0.25) is 5.02 Å². The zero-order chi connectivity index (χ0) is 20.3. The Hall–Kier alpha value is -3.07. The standard InChI is InChI=1S/C18H13ClF4N4O/c1-24-17-26-14(10-3-2-4-12(7-10)28-18(21,22)23)9-16(27-17)25-15-8-11(19)5-6-13(15)20/h2-9H,1H3,(H2,24,25,26,27). The van der Waals surface area contributed by atoms with E-state index in [9.17, 15) is 17.6 Å². The Balaban J connectivity index is 1.97. The van der Waals surface area contributed by atoms with Gasteiger partial charge in [-0.05, 0) is 30.3 Å². The van der Waals surface area contributed by atoms with E-state index in [2.05, 4.69) is 25.3 Å². The summed E-state index contributed by atoms with van der Waals surface area (Å²) >= 11 is 5.88. The van der Waals surface area contributed by atoms with Gasteiger partial charge in [0.15, 0.2) is 0 Å². The lowest BCUT2D eigenvalue weighted by molar-refractivity contribution is -0.274. The van der Waals surface area contributed by atoms with Gasteiger partial charge in [-0.25, -0.2) is 9.37 Å². The Labute approximate surface area is 162 Å². The number of halogens is 5. The third-order valence-electron chi connectivity index (χ3n) is 3.50. The van der Waals surface area contributed by atoms with E-state index in [0.717, 1.165) is 0 Å². The maximum absolute atomic E-state index is 14.0. The summed E-state index contributed by atoms with van der Waals surface area (Å²) < 4.78 is 55.3. The van der Waals surface area contributed by atoms with Gasteiger partial charge in [-0.3, -0.25) is 0 Å². The van der Waals surface area contributed by atoms with Crippen molar-refractivity contribution in [2.75, 3.05) is 17.7 Å². The number of ether oxygens (including phenoxy) is 1. The normalized spacial score (nSPS) is 11.2. The van der Waals surface area contributed by atoms with Crippen molar-refractivity contribution in [3.8, 4) is 17.0 Å². The molecule has 3 rings (SSSR count). The Morgan fingerprint density at radius 1 is 1.04 bits per heavy atom. The van der Waals surface area contributed by atoms with Crippen molar-refractivity contribution in [2.45, 2.75) is 6.36 Å². The Kier molecular flexibility index (Phi) is 5.55. The number of aromatic nitrogens is 2. The van der Waals surface area contributed by atoms with E-state index in [1.54, 1.807) is 13.1 Å². The summed E-state index contributed by atoms with van der Waals surface area (Å²) in [7, 11) is 1.58. The van der Waals surface area contributed by atoms with E-state index in [1.807, 2.05) is 0 Å². The summed E-state index contributed by atoms with van der Waals surface area (Å²) in [6.45, 7) is 0. The number of rotatable bonds is 5. The highest BCUT2D eigenvalue weighted by Crippen LogP contribution is 2.30. The molecule has 146 valence electrons. The number of hydrogen-bond acceptors (Lipinski definition) is 5. The molecule has 0 bridgehead atoms. The van der Waals surface area contributed by atoms with Crippen LogP contribution in [0.5, 0.6) is 5.75 Å². The van der Waals surface area contributed by atoms with E-state index in [4.69, 9.17) is 11.6 Å². The molecule has 10 heteroatoms. The number of nitrogens with zero attached hydrogens (tertiary/aromatic N) is 2. The predicted octanol–water partition coefficient (Wildman–Crippen LogP) is 5.62. The van der Waals surface area contributed by atoms with Crippen molar-refractivity contribution in [3.05, 3.63) is 59.4 Å². The number of anilines is 3. The third kappa shape index (κ3) is 5.01. The second kappa shape index (κ2) is 7.89. The number of benzene rings is 2. The molecular formula is C18H13ClF4N4O. The molecule has 0 fully saturated rings. The maximum Gasteiger partial charge on any atom is 0.573 e. The zero-order valence-electron chi connectivity index (χ0n) is 14.3. The molecule has 2 aromatic carbocycles. The molecule has 0 aliphatic carbocycles. The minimum Gasteiger partial charge on any atom is -0.406 e. The number of nitrogens with one attached hydrogen (secondary N) is 2. The molecule has 5 nitrogen and oxygen atoms in total. The highest BCUT2D eigenvalue weighted by molar-refractivity contribution is 6.30. The highest BCUT2D eigenvalue weighted by atomic mass is 35.5. The van der Waals surface area contributed by atoms with E-state index in [-0.39, 0.29) is 23.2 Å². The predicted molar refractivity (Wildman–Crippen MR) is 98.4 cm³/mol. The van der Waals surface area contributed by atoms with Crippen LogP contribution >= 0.6 is 11.6 Å². The molecule has 0 aliphatic rings.